The Morgan fingerprint density at radius 1 is 1.58 bits per heavy atom. The monoisotopic (exact) mass is 162 g/mol. The molecule has 0 aliphatic carbocycles. The van der Waals surface area contributed by atoms with Crippen LogP contribution in [0.4, 0.5) is 0 Å². The number of aromatic nitrogens is 1. The van der Waals surface area contributed by atoms with Crippen LogP contribution in [0.15, 0.2) is 18.5 Å². The van der Waals surface area contributed by atoms with Crippen LogP contribution in [0.3, 0.4) is 0 Å². The Bertz CT molecular complexity index is 291. The molecule has 0 atom stereocenters. The van der Waals surface area contributed by atoms with Crippen molar-refractivity contribution in [1.82, 2.24) is 4.98 Å². The van der Waals surface area contributed by atoms with Gasteiger partial charge < -0.3 is 4.74 Å². The first-order valence-electron chi connectivity index (χ1n) is 3.78. The summed E-state index contributed by atoms with van der Waals surface area (Å²) in [5.41, 5.74) is 1.52. The number of pyridine rings is 1. The molecule has 12 heavy (non-hydrogen) atoms. The van der Waals surface area contributed by atoms with Crippen LogP contribution in [0.1, 0.15) is 18.1 Å². The Labute approximate surface area is 71.6 Å². The number of hydrogen-bond acceptors (Lipinski definition) is 3. The van der Waals surface area contributed by atoms with Gasteiger partial charge in [0, 0.05) is 19.0 Å². The molecule has 3 heteroatoms. The van der Waals surface area contributed by atoms with Crippen molar-refractivity contribution in [3.63, 3.8) is 0 Å². The maximum atomic E-state index is 8.56. The van der Waals surface area contributed by atoms with E-state index in [1.54, 1.807) is 12.3 Å². The molecule has 0 radical (unpaired) electrons. The third-order valence-electron chi connectivity index (χ3n) is 1.40. The van der Waals surface area contributed by atoms with Crippen LogP contribution in [0.5, 0.6) is 0 Å². The van der Waals surface area contributed by atoms with Crippen molar-refractivity contribution < 1.29 is 4.74 Å². The van der Waals surface area contributed by atoms with Gasteiger partial charge in [-0.2, -0.15) is 5.26 Å². The molecule has 0 unspecified atom stereocenters. The fourth-order valence-electron chi connectivity index (χ4n) is 0.848. The van der Waals surface area contributed by atoms with Crippen molar-refractivity contribution in [2.45, 2.75) is 13.5 Å². The molecule has 0 aliphatic rings. The minimum absolute atomic E-state index is 0.527. The lowest BCUT2D eigenvalue weighted by Crippen LogP contribution is -1.93. The molecule has 0 amide bonds. The summed E-state index contributed by atoms with van der Waals surface area (Å²) >= 11 is 0. The summed E-state index contributed by atoms with van der Waals surface area (Å²) in [6.07, 6.45) is 3.24. The molecule has 1 heterocycles. The average Bonchev–Trinajstić information content (AvgIpc) is 2.15. The first-order chi connectivity index (χ1) is 5.86. The zero-order valence-electron chi connectivity index (χ0n) is 6.95. The molecular formula is C9H10N2O. The standard InChI is InChI=1S/C9H10N2O/c1-2-12-7-9-3-8(4-10)5-11-6-9/h3,5-6H,2,7H2,1H3. The van der Waals surface area contributed by atoms with Gasteiger partial charge in [0.05, 0.1) is 12.2 Å². The summed E-state index contributed by atoms with van der Waals surface area (Å²) < 4.78 is 5.17. The van der Waals surface area contributed by atoms with Crippen molar-refractivity contribution in [3.05, 3.63) is 29.6 Å². The summed E-state index contributed by atoms with van der Waals surface area (Å²) in [5, 5.41) is 8.56. The van der Waals surface area contributed by atoms with Crippen molar-refractivity contribution in [2.75, 3.05) is 6.61 Å². The minimum atomic E-state index is 0.527. The van der Waals surface area contributed by atoms with E-state index in [2.05, 4.69) is 4.98 Å². The summed E-state index contributed by atoms with van der Waals surface area (Å²) in [6, 6.07) is 3.81. The zero-order valence-corrected chi connectivity index (χ0v) is 6.95. The van der Waals surface area contributed by atoms with Gasteiger partial charge in [-0.3, -0.25) is 4.98 Å². The average molecular weight is 162 g/mol. The van der Waals surface area contributed by atoms with E-state index in [0.29, 0.717) is 18.8 Å². The van der Waals surface area contributed by atoms with Gasteiger partial charge in [0.1, 0.15) is 6.07 Å². The summed E-state index contributed by atoms with van der Waals surface area (Å²) in [5.74, 6) is 0. The van der Waals surface area contributed by atoms with Gasteiger partial charge in [-0.05, 0) is 18.6 Å². The van der Waals surface area contributed by atoms with Gasteiger partial charge in [-0.1, -0.05) is 0 Å². The number of ether oxygens (including phenoxy) is 1. The van der Waals surface area contributed by atoms with Gasteiger partial charge >= 0.3 is 0 Å². The number of rotatable bonds is 3. The van der Waals surface area contributed by atoms with Crippen LogP contribution < -0.4 is 0 Å². The van der Waals surface area contributed by atoms with Crippen LogP contribution in [-0.4, -0.2) is 11.6 Å². The summed E-state index contributed by atoms with van der Waals surface area (Å²) in [7, 11) is 0. The third-order valence-corrected chi connectivity index (χ3v) is 1.40. The SMILES string of the molecule is CCOCc1cncc(C#N)c1. The molecule has 0 saturated carbocycles. The van der Waals surface area contributed by atoms with E-state index in [1.165, 1.54) is 6.20 Å². The smallest absolute Gasteiger partial charge is 0.101 e. The Morgan fingerprint density at radius 3 is 3.08 bits per heavy atom. The topological polar surface area (TPSA) is 45.9 Å². The van der Waals surface area contributed by atoms with Gasteiger partial charge in [-0.25, -0.2) is 0 Å². The maximum Gasteiger partial charge on any atom is 0.101 e. The van der Waals surface area contributed by atoms with Gasteiger partial charge in [0.15, 0.2) is 0 Å². The van der Waals surface area contributed by atoms with Crippen molar-refractivity contribution in [3.8, 4) is 6.07 Å². The lowest BCUT2D eigenvalue weighted by atomic mass is 10.2. The summed E-state index contributed by atoms with van der Waals surface area (Å²) in [6.45, 7) is 3.14. The highest BCUT2D eigenvalue weighted by molar-refractivity contribution is 5.28. The quantitative estimate of drug-likeness (QED) is 0.676. The lowest BCUT2D eigenvalue weighted by Gasteiger charge is -1.99. The van der Waals surface area contributed by atoms with Gasteiger partial charge in [0.2, 0.25) is 0 Å². The van der Waals surface area contributed by atoms with E-state index >= 15 is 0 Å². The Kier molecular flexibility index (Phi) is 3.24. The van der Waals surface area contributed by atoms with Crippen LogP contribution in [0, 0.1) is 11.3 Å². The predicted octanol–water partition coefficient (Wildman–Crippen LogP) is 1.49. The molecule has 1 aromatic heterocycles. The van der Waals surface area contributed by atoms with Crippen molar-refractivity contribution >= 4 is 0 Å². The maximum absolute atomic E-state index is 8.56. The molecule has 0 bridgehead atoms. The molecule has 0 saturated heterocycles. The Balaban J connectivity index is 2.68. The fraction of sp³-hybridized carbons (Fsp3) is 0.333. The molecule has 0 spiro atoms. The van der Waals surface area contributed by atoms with E-state index in [1.807, 2.05) is 13.0 Å². The van der Waals surface area contributed by atoms with Crippen LogP contribution in [-0.2, 0) is 11.3 Å². The second-order valence-corrected chi connectivity index (χ2v) is 2.33. The third kappa shape index (κ3) is 2.33. The molecule has 62 valence electrons. The Hall–Kier alpha value is -1.40. The van der Waals surface area contributed by atoms with E-state index in [-0.39, 0.29) is 0 Å². The van der Waals surface area contributed by atoms with E-state index < -0.39 is 0 Å². The van der Waals surface area contributed by atoms with Crippen molar-refractivity contribution in [2.24, 2.45) is 0 Å². The molecule has 0 fully saturated rings. The summed E-state index contributed by atoms with van der Waals surface area (Å²) in [4.78, 5) is 3.91. The van der Waals surface area contributed by atoms with Crippen LogP contribution in [0.25, 0.3) is 0 Å². The number of nitrogens with zero attached hydrogens (tertiary/aromatic N) is 2. The first-order valence-corrected chi connectivity index (χ1v) is 3.78. The van der Waals surface area contributed by atoms with E-state index in [0.717, 1.165) is 5.56 Å². The number of hydrogen-bond donors (Lipinski definition) is 0. The molecular weight excluding hydrogens is 152 g/mol. The number of nitriles is 1. The van der Waals surface area contributed by atoms with Crippen LogP contribution >= 0.6 is 0 Å². The molecule has 0 N–H and O–H groups in total. The zero-order chi connectivity index (χ0) is 8.81. The fourth-order valence-corrected chi connectivity index (χ4v) is 0.848. The first kappa shape index (κ1) is 8.69. The molecule has 1 rings (SSSR count). The second-order valence-electron chi connectivity index (χ2n) is 2.33. The molecule has 3 nitrogen and oxygen atoms in total. The lowest BCUT2D eigenvalue weighted by molar-refractivity contribution is 0.134. The van der Waals surface area contributed by atoms with E-state index in [9.17, 15) is 0 Å². The Morgan fingerprint density at radius 2 is 2.42 bits per heavy atom. The van der Waals surface area contributed by atoms with E-state index in [4.69, 9.17) is 10.00 Å². The molecule has 0 aliphatic heterocycles. The predicted molar refractivity (Wildman–Crippen MR) is 44.3 cm³/mol. The highest BCUT2D eigenvalue weighted by Crippen LogP contribution is 2.02. The highest BCUT2D eigenvalue weighted by Gasteiger charge is 1.94. The minimum Gasteiger partial charge on any atom is -0.377 e. The highest BCUT2D eigenvalue weighted by atomic mass is 16.5. The normalized spacial score (nSPS) is 9.33. The van der Waals surface area contributed by atoms with Gasteiger partial charge in [0.25, 0.3) is 0 Å². The van der Waals surface area contributed by atoms with Crippen LogP contribution in [0.2, 0.25) is 0 Å². The van der Waals surface area contributed by atoms with Crippen molar-refractivity contribution in [1.29, 1.82) is 5.26 Å². The van der Waals surface area contributed by atoms with Gasteiger partial charge in [-0.15, -0.1) is 0 Å². The molecule has 0 aromatic carbocycles. The molecule has 1 aromatic rings. The second kappa shape index (κ2) is 4.47. The largest absolute Gasteiger partial charge is 0.377 e.